The average molecular weight is 462 g/mol. The first-order valence-corrected chi connectivity index (χ1v) is 10.9. The lowest BCUT2D eigenvalue weighted by Crippen LogP contribution is -2.12. The Morgan fingerprint density at radius 2 is 1.52 bits per heavy atom. The van der Waals surface area contributed by atoms with E-state index in [4.69, 9.17) is 0 Å². The molecule has 0 saturated carbocycles. The van der Waals surface area contributed by atoms with E-state index >= 15 is 0 Å². The van der Waals surface area contributed by atoms with Crippen LogP contribution in [0.3, 0.4) is 0 Å². The molecule has 0 spiro atoms. The molecule has 3 N–H and O–H groups in total. The topological polar surface area (TPSA) is 91.3 Å². The summed E-state index contributed by atoms with van der Waals surface area (Å²) >= 11 is 1.05. The molecule has 4 rings (SSSR count). The second kappa shape index (κ2) is 9.22. The zero-order valence-corrected chi connectivity index (χ0v) is 18.7. The van der Waals surface area contributed by atoms with Gasteiger partial charge in [-0.1, -0.05) is 41.7 Å². The second-order valence-electron chi connectivity index (χ2n) is 7.42. The smallest absolute Gasteiger partial charge is 0.267 e. The fourth-order valence-corrected chi connectivity index (χ4v) is 3.97. The third kappa shape index (κ3) is 4.91. The monoisotopic (exact) mass is 461 g/mol. The van der Waals surface area contributed by atoms with Crippen molar-refractivity contribution >= 4 is 34.0 Å². The molecule has 0 atom stereocenters. The van der Waals surface area contributed by atoms with E-state index in [2.05, 4.69) is 15.6 Å². The molecular formula is C25H20FN3O3S. The van der Waals surface area contributed by atoms with Crippen molar-refractivity contribution in [2.24, 2.45) is 0 Å². The molecule has 33 heavy (non-hydrogen) atoms. The molecule has 0 aliphatic rings. The van der Waals surface area contributed by atoms with Crippen LogP contribution in [0.5, 0.6) is 5.75 Å². The van der Waals surface area contributed by atoms with Crippen molar-refractivity contribution in [1.82, 2.24) is 4.98 Å². The minimum absolute atomic E-state index is 0.0959. The molecule has 0 aliphatic heterocycles. The molecule has 0 radical (unpaired) electrons. The molecule has 1 heterocycles. The number of nitrogens with one attached hydrogen (secondary N) is 2. The highest BCUT2D eigenvalue weighted by molar-refractivity contribution is 7.17. The average Bonchev–Trinajstić information content (AvgIpc) is 3.28. The minimum atomic E-state index is -0.381. The van der Waals surface area contributed by atoms with E-state index in [1.54, 1.807) is 55.5 Å². The Bertz CT molecular complexity index is 1330. The maximum atomic E-state index is 13.1. The normalized spacial score (nSPS) is 10.6. The predicted molar refractivity (Wildman–Crippen MR) is 127 cm³/mol. The van der Waals surface area contributed by atoms with E-state index < -0.39 is 0 Å². The summed E-state index contributed by atoms with van der Waals surface area (Å²) in [6.07, 6.45) is 1.39. The van der Waals surface area contributed by atoms with E-state index in [0.29, 0.717) is 21.7 Å². The van der Waals surface area contributed by atoms with Crippen molar-refractivity contribution in [2.75, 3.05) is 10.6 Å². The molecule has 0 bridgehead atoms. The number of rotatable bonds is 5. The molecule has 166 valence electrons. The van der Waals surface area contributed by atoms with Crippen LogP contribution < -0.4 is 10.6 Å². The van der Waals surface area contributed by atoms with Crippen LogP contribution >= 0.6 is 11.3 Å². The van der Waals surface area contributed by atoms with Crippen LogP contribution in [0.2, 0.25) is 0 Å². The third-order valence-corrected chi connectivity index (χ3v) is 6.07. The molecule has 0 saturated heterocycles. The number of amides is 2. The van der Waals surface area contributed by atoms with Crippen LogP contribution in [0.4, 0.5) is 15.2 Å². The van der Waals surface area contributed by atoms with Gasteiger partial charge in [-0.2, -0.15) is 0 Å². The Morgan fingerprint density at radius 3 is 2.18 bits per heavy atom. The van der Waals surface area contributed by atoms with Gasteiger partial charge in [0.1, 0.15) is 16.4 Å². The van der Waals surface area contributed by atoms with E-state index in [1.807, 2.05) is 6.92 Å². The number of phenols is 1. The van der Waals surface area contributed by atoms with Crippen LogP contribution in [0.15, 0.2) is 66.9 Å². The number of aromatic hydroxyl groups is 1. The van der Waals surface area contributed by atoms with Gasteiger partial charge in [-0.3, -0.25) is 14.9 Å². The molecule has 0 aliphatic carbocycles. The third-order valence-electron chi connectivity index (χ3n) is 5.16. The fraction of sp³-hybridized carbons (Fsp3) is 0.0800. The molecular weight excluding hydrogens is 441 g/mol. The number of thiazole rings is 1. The number of halogens is 1. The number of anilines is 2. The standard InChI is InChI=1S/C25H20FN3O3S/c1-14-3-12-20(30)15(2)22(14)28-24(32)21-13-27-25(33-21)29-23(31)18-6-4-16(5-7-18)17-8-10-19(26)11-9-17/h3-13,30H,1-2H3,(H,28,32)(H,27,29,31). The van der Waals surface area contributed by atoms with Gasteiger partial charge >= 0.3 is 0 Å². The Hall–Kier alpha value is -4.04. The van der Waals surface area contributed by atoms with Gasteiger partial charge in [-0.05, 0) is 60.9 Å². The van der Waals surface area contributed by atoms with Crippen LogP contribution in [0, 0.1) is 19.7 Å². The maximum Gasteiger partial charge on any atom is 0.267 e. The lowest BCUT2D eigenvalue weighted by molar-refractivity contribution is 0.102. The van der Waals surface area contributed by atoms with Crippen molar-refractivity contribution < 1.29 is 19.1 Å². The highest BCUT2D eigenvalue weighted by Crippen LogP contribution is 2.29. The fourth-order valence-electron chi connectivity index (χ4n) is 3.27. The van der Waals surface area contributed by atoms with Gasteiger partial charge in [0, 0.05) is 11.1 Å². The summed E-state index contributed by atoms with van der Waals surface area (Å²) in [7, 11) is 0. The van der Waals surface area contributed by atoms with Crippen LogP contribution in [0.1, 0.15) is 31.2 Å². The van der Waals surface area contributed by atoms with Gasteiger partial charge < -0.3 is 10.4 Å². The van der Waals surface area contributed by atoms with Crippen molar-refractivity contribution in [2.45, 2.75) is 13.8 Å². The summed E-state index contributed by atoms with van der Waals surface area (Å²) in [5, 5.41) is 15.7. The van der Waals surface area contributed by atoms with Crippen molar-refractivity contribution in [3.05, 3.63) is 94.2 Å². The summed E-state index contributed by atoms with van der Waals surface area (Å²) < 4.78 is 13.1. The van der Waals surface area contributed by atoms with E-state index in [1.165, 1.54) is 18.3 Å². The Kier molecular flexibility index (Phi) is 6.19. The molecule has 0 fully saturated rings. The van der Waals surface area contributed by atoms with E-state index in [0.717, 1.165) is 28.0 Å². The van der Waals surface area contributed by atoms with Gasteiger partial charge in [0.05, 0.1) is 11.9 Å². The first-order valence-electron chi connectivity index (χ1n) is 10.1. The number of carbonyl (C=O) groups excluding carboxylic acids is 2. The Morgan fingerprint density at radius 1 is 0.879 bits per heavy atom. The van der Waals surface area contributed by atoms with Crippen LogP contribution in [0.25, 0.3) is 11.1 Å². The lowest BCUT2D eigenvalue weighted by Gasteiger charge is -2.11. The quantitative estimate of drug-likeness (QED) is 0.352. The van der Waals surface area contributed by atoms with Crippen LogP contribution in [-0.2, 0) is 0 Å². The zero-order chi connectivity index (χ0) is 23.5. The highest BCUT2D eigenvalue weighted by atomic mass is 32.1. The molecule has 0 unspecified atom stereocenters. The molecule has 4 aromatic rings. The summed E-state index contributed by atoms with van der Waals surface area (Å²) in [6, 6.07) is 16.3. The number of nitrogens with zero attached hydrogens (tertiary/aromatic N) is 1. The van der Waals surface area contributed by atoms with E-state index in [9.17, 15) is 19.1 Å². The minimum Gasteiger partial charge on any atom is -0.508 e. The number of phenolic OH excluding ortho intramolecular Hbond substituents is 1. The van der Waals surface area contributed by atoms with Gasteiger partial charge in [-0.25, -0.2) is 9.37 Å². The summed E-state index contributed by atoms with van der Waals surface area (Å²) in [6.45, 7) is 3.55. The van der Waals surface area contributed by atoms with E-state index in [-0.39, 0.29) is 28.5 Å². The number of hydrogen-bond acceptors (Lipinski definition) is 5. The zero-order valence-electron chi connectivity index (χ0n) is 17.8. The number of aryl methyl sites for hydroxylation is 1. The highest BCUT2D eigenvalue weighted by Gasteiger charge is 2.16. The van der Waals surface area contributed by atoms with Gasteiger partial charge in [0.25, 0.3) is 11.8 Å². The second-order valence-corrected chi connectivity index (χ2v) is 8.45. The van der Waals surface area contributed by atoms with Crippen molar-refractivity contribution in [3.8, 4) is 16.9 Å². The number of benzene rings is 3. The first-order chi connectivity index (χ1) is 15.8. The number of hydrogen-bond donors (Lipinski definition) is 3. The lowest BCUT2D eigenvalue weighted by atomic mass is 10.0. The predicted octanol–water partition coefficient (Wildman–Crippen LogP) is 5.78. The molecule has 1 aromatic heterocycles. The first kappa shape index (κ1) is 22.2. The summed E-state index contributed by atoms with van der Waals surface area (Å²) in [4.78, 5) is 29.7. The largest absolute Gasteiger partial charge is 0.508 e. The molecule has 8 heteroatoms. The van der Waals surface area contributed by atoms with Crippen LogP contribution in [-0.4, -0.2) is 21.9 Å². The van der Waals surface area contributed by atoms with Gasteiger partial charge in [0.2, 0.25) is 0 Å². The van der Waals surface area contributed by atoms with Crippen molar-refractivity contribution in [1.29, 1.82) is 0 Å². The summed E-state index contributed by atoms with van der Waals surface area (Å²) in [5.74, 6) is -0.952. The van der Waals surface area contributed by atoms with Crippen molar-refractivity contribution in [3.63, 3.8) is 0 Å². The molecule has 2 amide bonds. The number of aromatic nitrogens is 1. The Balaban J connectivity index is 1.43. The number of carbonyl (C=O) groups is 2. The molecule has 6 nitrogen and oxygen atoms in total. The Labute approximate surface area is 193 Å². The maximum absolute atomic E-state index is 13.1. The van der Waals surface area contributed by atoms with Gasteiger partial charge in [0.15, 0.2) is 5.13 Å². The summed E-state index contributed by atoms with van der Waals surface area (Å²) in [5.41, 5.74) is 4.06. The molecule has 3 aromatic carbocycles. The SMILES string of the molecule is Cc1ccc(O)c(C)c1NC(=O)c1cnc(NC(=O)c2ccc(-c3ccc(F)cc3)cc2)s1. The van der Waals surface area contributed by atoms with Gasteiger partial charge in [-0.15, -0.1) is 0 Å².